The highest BCUT2D eigenvalue weighted by atomic mass is 19.4. The third kappa shape index (κ3) is 3.81. The molecular weight excluding hydrogens is 331 g/mol. The van der Waals surface area contributed by atoms with Crippen LogP contribution >= 0.6 is 0 Å². The van der Waals surface area contributed by atoms with Crippen molar-refractivity contribution in [2.75, 3.05) is 0 Å². The first kappa shape index (κ1) is 17.0. The fraction of sp³-hybridized carbons (Fsp3) is 0.222. The Labute approximate surface area is 142 Å². The average molecular weight is 347 g/mol. The van der Waals surface area contributed by atoms with E-state index in [1.807, 2.05) is 13.8 Å². The Morgan fingerprint density at radius 2 is 1.68 bits per heavy atom. The highest BCUT2D eigenvalue weighted by molar-refractivity contribution is 5.61. The third-order valence-corrected chi connectivity index (χ3v) is 3.62. The Morgan fingerprint density at radius 1 is 1.00 bits per heavy atom. The molecular formula is C18H16F3N3O. The molecule has 0 aliphatic carbocycles. The molecule has 7 heteroatoms. The zero-order valence-electron chi connectivity index (χ0n) is 13.9. The number of alkyl halides is 3. The number of hydrogen-bond acceptors (Lipinski definition) is 3. The SMILES string of the molecule is Cc1cc(Oc2cc(C)nn2C)nc(-c2ccc(C(F)(F)F)cc2)c1. The van der Waals surface area contributed by atoms with Gasteiger partial charge in [0.25, 0.3) is 0 Å². The molecule has 0 unspecified atom stereocenters. The number of aromatic nitrogens is 3. The van der Waals surface area contributed by atoms with E-state index in [1.54, 1.807) is 29.9 Å². The molecule has 0 aliphatic heterocycles. The summed E-state index contributed by atoms with van der Waals surface area (Å²) in [6, 6.07) is 10.2. The Hall–Kier alpha value is -2.83. The van der Waals surface area contributed by atoms with Gasteiger partial charge in [-0.15, -0.1) is 0 Å². The lowest BCUT2D eigenvalue weighted by molar-refractivity contribution is -0.137. The standard InChI is InChI=1S/C18H16F3N3O/c1-11-8-15(13-4-6-14(7-5-13)18(19,20)21)22-16(9-11)25-17-10-12(2)23-24(17)3/h4-10H,1-3H3. The highest BCUT2D eigenvalue weighted by Gasteiger charge is 2.30. The van der Waals surface area contributed by atoms with Crippen LogP contribution in [0.1, 0.15) is 16.8 Å². The monoisotopic (exact) mass is 347 g/mol. The van der Waals surface area contributed by atoms with Crippen LogP contribution in [0.4, 0.5) is 13.2 Å². The summed E-state index contributed by atoms with van der Waals surface area (Å²) >= 11 is 0. The molecule has 2 aromatic heterocycles. The lowest BCUT2D eigenvalue weighted by Crippen LogP contribution is -2.04. The Kier molecular flexibility index (Phi) is 4.24. The minimum absolute atomic E-state index is 0.359. The molecule has 0 atom stereocenters. The van der Waals surface area contributed by atoms with Crippen molar-refractivity contribution in [3.05, 3.63) is 59.3 Å². The molecule has 3 rings (SSSR count). The molecule has 0 radical (unpaired) electrons. The van der Waals surface area contributed by atoms with Gasteiger partial charge in [0.05, 0.1) is 17.0 Å². The quantitative estimate of drug-likeness (QED) is 0.676. The van der Waals surface area contributed by atoms with Gasteiger partial charge < -0.3 is 4.74 Å². The molecule has 0 spiro atoms. The van der Waals surface area contributed by atoms with E-state index in [1.165, 1.54) is 12.1 Å². The first-order chi connectivity index (χ1) is 11.7. The summed E-state index contributed by atoms with van der Waals surface area (Å²) in [6.45, 7) is 3.72. The van der Waals surface area contributed by atoms with Gasteiger partial charge in [-0.1, -0.05) is 12.1 Å². The lowest BCUT2D eigenvalue weighted by atomic mass is 10.1. The molecule has 0 fully saturated rings. The third-order valence-electron chi connectivity index (χ3n) is 3.62. The summed E-state index contributed by atoms with van der Waals surface area (Å²) in [5.74, 6) is 0.895. The van der Waals surface area contributed by atoms with Crippen molar-refractivity contribution in [3.63, 3.8) is 0 Å². The molecule has 2 heterocycles. The predicted octanol–water partition coefficient (Wildman–Crippen LogP) is 4.91. The molecule has 0 amide bonds. The van der Waals surface area contributed by atoms with Gasteiger partial charge in [0, 0.05) is 24.7 Å². The van der Waals surface area contributed by atoms with Crippen molar-refractivity contribution in [2.45, 2.75) is 20.0 Å². The number of aryl methyl sites for hydroxylation is 3. The Morgan fingerprint density at radius 3 is 2.24 bits per heavy atom. The molecule has 0 bridgehead atoms. The maximum atomic E-state index is 12.7. The van der Waals surface area contributed by atoms with Crippen molar-refractivity contribution < 1.29 is 17.9 Å². The molecule has 130 valence electrons. The summed E-state index contributed by atoms with van der Waals surface area (Å²) in [5.41, 5.74) is 2.14. The lowest BCUT2D eigenvalue weighted by Gasteiger charge is -2.10. The second-order valence-electron chi connectivity index (χ2n) is 5.79. The summed E-state index contributed by atoms with van der Waals surface area (Å²) in [7, 11) is 1.76. The topological polar surface area (TPSA) is 39.9 Å². The normalized spacial score (nSPS) is 11.6. The molecule has 25 heavy (non-hydrogen) atoms. The maximum absolute atomic E-state index is 12.7. The van der Waals surface area contributed by atoms with E-state index in [-0.39, 0.29) is 0 Å². The zero-order chi connectivity index (χ0) is 18.2. The second kappa shape index (κ2) is 6.23. The van der Waals surface area contributed by atoms with E-state index in [4.69, 9.17) is 4.74 Å². The van der Waals surface area contributed by atoms with Crippen LogP contribution in [0.2, 0.25) is 0 Å². The number of pyridine rings is 1. The fourth-order valence-corrected chi connectivity index (χ4v) is 2.46. The first-order valence-corrected chi connectivity index (χ1v) is 7.57. The van der Waals surface area contributed by atoms with Crippen LogP contribution in [0.25, 0.3) is 11.3 Å². The smallest absolute Gasteiger partial charge is 0.416 e. The number of halogens is 3. The fourth-order valence-electron chi connectivity index (χ4n) is 2.46. The molecule has 0 saturated heterocycles. The first-order valence-electron chi connectivity index (χ1n) is 7.57. The number of ether oxygens (including phenoxy) is 1. The second-order valence-corrected chi connectivity index (χ2v) is 5.79. The average Bonchev–Trinajstić information content (AvgIpc) is 2.83. The number of hydrogen-bond donors (Lipinski definition) is 0. The van der Waals surface area contributed by atoms with Crippen molar-refractivity contribution >= 4 is 0 Å². The largest absolute Gasteiger partial charge is 0.421 e. The summed E-state index contributed by atoms with van der Waals surface area (Å²) in [4.78, 5) is 4.40. The van der Waals surface area contributed by atoms with Crippen LogP contribution in [-0.2, 0) is 13.2 Å². The molecule has 1 aromatic carbocycles. The highest BCUT2D eigenvalue weighted by Crippen LogP contribution is 2.31. The van der Waals surface area contributed by atoms with Gasteiger partial charge in [0.15, 0.2) is 0 Å². The maximum Gasteiger partial charge on any atom is 0.416 e. The van der Waals surface area contributed by atoms with Gasteiger partial charge in [-0.25, -0.2) is 9.67 Å². The minimum Gasteiger partial charge on any atom is -0.421 e. The molecule has 0 aliphatic rings. The van der Waals surface area contributed by atoms with Crippen LogP contribution in [0.3, 0.4) is 0 Å². The molecule has 4 nitrogen and oxygen atoms in total. The Balaban J connectivity index is 1.92. The van der Waals surface area contributed by atoms with E-state index in [0.29, 0.717) is 23.0 Å². The van der Waals surface area contributed by atoms with Crippen molar-refractivity contribution in [1.29, 1.82) is 0 Å². The number of benzene rings is 1. The summed E-state index contributed by atoms with van der Waals surface area (Å²) < 4.78 is 45.4. The van der Waals surface area contributed by atoms with Crippen LogP contribution in [0, 0.1) is 13.8 Å². The van der Waals surface area contributed by atoms with Gasteiger partial charge in [0.2, 0.25) is 11.8 Å². The van der Waals surface area contributed by atoms with Crippen LogP contribution in [0.5, 0.6) is 11.8 Å². The molecule has 3 aromatic rings. The Bertz CT molecular complexity index is 899. The van der Waals surface area contributed by atoms with Gasteiger partial charge >= 0.3 is 6.18 Å². The zero-order valence-corrected chi connectivity index (χ0v) is 13.9. The van der Waals surface area contributed by atoms with Gasteiger partial charge in [-0.3, -0.25) is 0 Å². The van der Waals surface area contributed by atoms with Crippen LogP contribution in [-0.4, -0.2) is 14.8 Å². The van der Waals surface area contributed by atoms with Crippen LogP contribution in [0.15, 0.2) is 42.5 Å². The van der Waals surface area contributed by atoms with Crippen molar-refractivity contribution in [1.82, 2.24) is 14.8 Å². The van der Waals surface area contributed by atoms with Crippen molar-refractivity contribution in [2.24, 2.45) is 7.05 Å². The van der Waals surface area contributed by atoms with Gasteiger partial charge in [-0.05, 0) is 37.6 Å². The van der Waals surface area contributed by atoms with Gasteiger partial charge in [-0.2, -0.15) is 18.3 Å². The molecule has 0 N–H and O–H groups in total. The van der Waals surface area contributed by atoms with E-state index < -0.39 is 11.7 Å². The molecule has 0 saturated carbocycles. The number of rotatable bonds is 3. The van der Waals surface area contributed by atoms with E-state index in [9.17, 15) is 13.2 Å². The summed E-state index contributed by atoms with van der Waals surface area (Å²) in [6.07, 6.45) is -4.36. The van der Waals surface area contributed by atoms with E-state index in [0.717, 1.165) is 23.4 Å². The number of nitrogens with zero attached hydrogens (tertiary/aromatic N) is 3. The van der Waals surface area contributed by atoms with E-state index in [2.05, 4.69) is 10.1 Å². The van der Waals surface area contributed by atoms with Crippen molar-refractivity contribution in [3.8, 4) is 23.0 Å². The minimum atomic E-state index is -4.36. The van der Waals surface area contributed by atoms with E-state index >= 15 is 0 Å². The van der Waals surface area contributed by atoms with Gasteiger partial charge in [0.1, 0.15) is 0 Å². The summed E-state index contributed by atoms with van der Waals surface area (Å²) in [5, 5.41) is 4.20. The predicted molar refractivity (Wildman–Crippen MR) is 87.4 cm³/mol. The van der Waals surface area contributed by atoms with Crippen LogP contribution < -0.4 is 4.74 Å².